The van der Waals surface area contributed by atoms with Crippen LogP contribution in [0.15, 0.2) is 0 Å². The molecule has 0 bridgehead atoms. The Kier molecular flexibility index (Phi) is 4.38. The van der Waals surface area contributed by atoms with Gasteiger partial charge in [0.15, 0.2) is 0 Å². The average Bonchev–Trinajstić information content (AvgIpc) is 2.90. The monoisotopic (exact) mass is 253 g/mol. The van der Waals surface area contributed by atoms with E-state index >= 15 is 0 Å². The lowest BCUT2D eigenvalue weighted by molar-refractivity contribution is -0.0358. The minimum atomic E-state index is 0.292. The van der Waals surface area contributed by atoms with Gasteiger partial charge in [0, 0.05) is 13.1 Å². The van der Waals surface area contributed by atoms with Crippen molar-refractivity contribution in [3.8, 4) is 0 Å². The summed E-state index contributed by atoms with van der Waals surface area (Å²) < 4.78 is 6.32. The molecule has 18 heavy (non-hydrogen) atoms. The van der Waals surface area contributed by atoms with Gasteiger partial charge in [-0.15, -0.1) is 0 Å². The van der Waals surface area contributed by atoms with E-state index in [1.807, 2.05) is 0 Å². The van der Waals surface area contributed by atoms with Crippen LogP contribution in [0.4, 0.5) is 0 Å². The maximum Gasteiger partial charge on any atom is 0.0708 e. The molecular weight excluding hydrogens is 222 g/mol. The lowest BCUT2D eigenvalue weighted by Gasteiger charge is -2.30. The van der Waals surface area contributed by atoms with Crippen molar-refractivity contribution in [2.45, 2.75) is 77.9 Å². The summed E-state index contributed by atoms with van der Waals surface area (Å²) in [6.45, 7) is 11.4. The van der Waals surface area contributed by atoms with Crippen LogP contribution in [-0.2, 0) is 4.74 Å². The van der Waals surface area contributed by atoms with E-state index in [-0.39, 0.29) is 0 Å². The van der Waals surface area contributed by atoms with Gasteiger partial charge < -0.3 is 10.1 Å². The van der Waals surface area contributed by atoms with Gasteiger partial charge >= 0.3 is 0 Å². The van der Waals surface area contributed by atoms with E-state index in [0.717, 1.165) is 19.0 Å². The molecule has 1 saturated heterocycles. The first kappa shape index (κ1) is 14.3. The third-order valence-corrected chi connectivity index (χ3v) is 5.37. The van der Waals surface area contributed by atoms with Crippen LogP contribution in [0.25, 0.3) is 0 Å². The Labute approximate surface area is 113 Å². The standard InChI is InChI=1S/C16H31NO/c1-13(2)15(3,4)12-17-11-14-7-10-16(18-14)8-5-6-9-16/h13-14,17H,5-12H2,1-4H3. The van der Waals surface area contributed by atoms with Gasteiger partial charge in [-0.25, -0.2) is 0 Å². The van der Waals surface area contributed by atoms with Crippen LogP contribution in [0.1, 0.15) is 66.2 Å². The highest BCUT2D eigenvalue weighted by Gasteiger charge is 2.41. The van der Waals surface area contributed by atoms with Crippen molar-refractivity contribution >= 4 is 0 Å². The smallest absolute Gasteiger partial charge is 0.0708 e. The van der Waals surface area contributed by atoms with Crippen LogP contribution in [0, 0.1) is 11.3 Å². The Bertz CT molecular complexity index is 266. The molecule has 0 radical (unpaired) electrons. The lowest BCUT2D eigenvalue weighted by Crippen LogP contribution is -2.38. The fraction of sp³-hybridized carbons (Fsp3) is 1.00. The van der Waals surface area contributed by atoms with Gasteiger partial charge in [-0.2, -0.15) is 0 Å². The van der Waals surface area contributed by atoms with Crippen molar-refractivity contribution in [3.05, 3.63) is 0 Å². The minimum absolute atomic E-state index is 0.292. The summed E-state index contributed by atoms with van der Waals surface area (Å²) in [6.07, 6.45) is 8.39. The fourth-order valence-corrected chi connectivity index (χ4v) is 3.19. The van der Waals surface area contributed by atoms with Gasteiger partial charge in [0.25, 0.3) is 0 Å². The quantitative estimate of drug-likeness (QED) is 0.805. The van der Waals surface area contributed by atoms with Crippen LogP contribution < -0.4 is 5.32 Å². The molecule has 1 aliphatic heterocycles. The number of ether oxygens (including phenoxy) is 1. The Morgan fingerprint density at radius 1 is 1.22 bits per heavy atom. The Hall–Kier alpha value is -0.0800. The maximum atomic E-state index is 6.32. The van der Waals surface area contributed by atoms with Crippen molar-refractivity contribution in [3.63, 3.8) is 0 Å². The molecule has 1 atom stereocenters. The molecule has 1 aliphatic carbocycles. The molecular formula is C16H31NO. The van der Waals surface area contributed by atoms with Gasteiger partial charge in [0.1, 0.15) is 0 Å². The zero-order valence-electron chi connectivity index (χ0n) is 12.7. The first-order valence-electron chi connectivity index (χ1n) is 7.82. The van der Waals surface area contributed by atoms with Gasteiger partial charge in [-0.3, -0.25) is 0 Å². The molecule has 1 N–H and O–H groups in total. The van der Waals surface area contributed by atoms with E-state index < -0.39 is 0 Å². The largest absolute Gasteiger partial charge is 0.370 e. The summed E-state index contributed by atoms with van der Waals surface area (Å²) in [6, 6.07) is 0. The molecule has 1 saturated carbocycles. The van der Waals surface area contributed by atoms with E-state index in [1.54, 1.807) is 0 Å². The molecule has 0 aromatic carbocycles. The normalized spacial score (nSPS) is 27.5. The average molecular weight is 253 g/mol. The van der Waals surface area contributed by atoms with E-state index in [9.17, 15) is 0 Å². The van der Waals surface area contributed by atoms with E-state index in [0.29, 0.717) is 17.1 Å². The zero-order valence-corrected chi connectivity index (χ0v) is 12.7. The van der Waals surface area contributed by atoms with Crippen LogP contribution in [0.2, 0.25) is 0 Å². The van der Waals surface area contributed by atoms with E-state index in [1.165, 1.54) is 38.5 Å². The molecule has 2 fully saturated rings. The minimum Gasteiger partial charge on any atom is -0.370 e. The molecule has 0 aromatic rings. The van der Waals surface area contributed by atoms with Gasteiger partial charge in [-0.05, 0) is 37.0 Å². The van der Waals surface area contributed by atoms with Crippen LogP contribution >= 0.6 is 0 Å². The van der Waals surface area contributed by atoms with Crippen molar-refractivity contribution in [1.29, 1.82) is 0 Å². The van der Waals surface area contributed by atoms with E-state index in [2.05, 4.69) is 33.0 Å². The van der Waals surface area contributed by atoms with Crippen LogP contribution in [0.5, 0.6) is 0 Å². The summed E-state index contributed by atoms with van der Waals surface area (Å²) >= 11 is 0. The second kappa shape index (κ2) is 5.50. The molecule has 0 amide bonds. The van der Waals surface area contributed by atoms with Crippen LogP contribution in [-0.4, -0.2) is 24.8 Å². The number of hydrogen-bond acceptors (Lipinski definition) is 2. The fourth-order valence-electron chi connectivity index (χ4n) is 3.19. The van der Waals surface area contributed by atoms with Gasteiger partial charge in [-0.1, -0.05) is 40.5 Å². The predicted molar refractivity (Wildman–Crippen MR) is 76.8 cm³/mol. The molecule has 2 nitrogen and oxygen atoms in total. The topological polar surface area (TPSA) is 21.3 Å². The lowest BCUT2D eigenvalue weighted by atomic mass is 9.81. The Morgan fingerprint density at radius 2 is 1.89 bits per heavy atom. The molecule has 106 valence electrons. The maximum absolute atomic E-state index is 6.32. The van der Waals surface area contributed by atoms with Crippen molar-refractivity contribution < 1.29 is 4.74 Å². The van der Waals surface area contributed by atoms with Crippen molar-refractivity contribution in [1.82, 2.24) is 5.32 Å². The summed E-state index contributed by atoms with van der Waals surface area (Å²) in [5, 5.41) is 3.63. The van der Waals surface area contributed by atoms with E-state index in [4.69, 9.17) is 4.74 Å². The second-order valence-electron chi connectivity index (χ2n) is 7.44. The highest BCUT2D eigenvalue weighted by Crippen LogP contribution is 2.43. The summed E-state index contributed by atoms with van der Waals surface area (Å²) in [4.78, 5) is 0. The molecule has 1 spiro atoms. The van der Waals surface area contributed by atoms with Gasteiger partial charge in [0.05, 0.1) is 11.7 Å². The van der Waals surface area contributed by atoms with Crippen molar-refractivity contribution in [2.24, 2.45) is 11.3 Å². The number of hydrogen-bond donors (Lipinski definition) is 1. The predicted octanol–water partition coefficient (Wildman–Crippen LogP) is 3.75. The number of nitrogens with one attached hydrogen (secondary N) is 1. The molecule has 2 aliphatic rings. The first-order chi connectivity index (χ1) is 8.44. The highest BCUT2D eigenvalue weighted by molar-refractivity contribution is 4.93. The second-order valence-corrected chi connectivity index (χ2v) is 7.44. The van der Waals surface area contributed by atoms with Crippen molar-refractivity contribution in [2.75, 3.05) is 13.1 Å². The molecule has 0 aromatic heterocycles. The summed E-state index contributed by atoms with van der Waals surface area (Å²) in [5.41, 5.74) is 0.670. The zero-order chi connectivity index (χ0) is 13.2. The Morgan fingerprint density at radius 3 is 2.50 bits per heavy atom. The third kappa shape index (κ3) is 3.27. The molecule has 1 unspecified atom stereocenters. The summed E-state index contributed by atoms with van der Waals surface area (Å²) in [7, 11) is 0. The SMILES string of the molecule is CC(C)C(C)(C)CNCC1CCC2(CCCC2)O1. The first-order valence-corrected chi connectivity index (χ1v) is 7.82. The third-order valence-electron chi connectivity index (χ3n) is 5.37. The molecule has 2 rings (SSSR count). The molecule has 2 heteroatoms. The summed E-state index contributed by atoms with van der Waals surface area (Å²) in [5.74, 6) is 0.718. The number of rotatable bonds is 5. The Balaban J connectivity index is 1.69. The molecule has 1 heterocycles. The van der Waals surface area contributed by atoms with Gasteiger partial charge in [0.2, 0.25) is 0 Å². The highest BCUT2D eigenvalue weighted by atomic mass is 16.5. The van der Waals surface area contributed by atoms with Crippen LogP contribution in [0.3, 0.4) is 0 Å².